The van der Waals surface area contributed by atoms with E-state index >= 15 is 0 Å². The molecule has 1 heterocycles. The number of hydrogen-bond acceptors (Lipinski definition) is 2. The minimum absolute atomic E-state index is 0.0340. The van der Waals surface area contributed by atoms with Crippen molar-refractivity contribution in [1.82, 2.24) is 5.32 Å². The first kappa shape index (κ1) is 17.8. The van der Waals surface area contributed by atoms with Gasteiger partial charge in [0.15, 0.2) is 0 Å². The summed E-state index contributed by atoms with van der Waals surface area (Å²) in [6.07, 6.45) is 4.57. The Morgan fingerprint density at radius 1 is 1.00 bits per heavy atom. The van der Waals surface area contributed by atoms with E-state index in [1.165, 1.54) is 11.1 Å². The molecule has 0 bridgehead atoms. The molecular weight excluding hydrogens is 336 g/mol. The van der Waals surface area contributed by atoms with Gasteiger partial charge in [-0.1, -0.05) is 48.5 Å². The number of carbonyl (C=O) groups excluding carboxylic acids is 2. The number of hydrogen-bond donors (Lipinski definition) is 1. The summed E-state index contributed by atoms with van der Waals surface area (Å²) in [5.41, 5.74) is 3.55. The van der Waals surface area contributed by atoms with Gasteiger partial charge in [-0.2, -0.15) is 0 Å². The molecule has 2 unspecified atom stereocenters. The van der Waals surface area contributed by atoms with Crippen LogP contribution in [-0.2, 0) is 22.4 Å². The van der Waals surface area contributed by atoms with Crippen molar-refractivity contribution in [3.8, 4) is 0 Å². The van der Waals surface area contributed by atoms with Gasteiger partial charge in [0, 0.05) is 18.8 Å². The molecule has 0 saturated heterocycles. The standard InChI is InChI=1S/C23H26N2O2/c26-22(24-14-6-10-17-8-2-1-3-9-17)19-16-20(19)23(27)25-15-7-12-18-11-4-5-13-21(18)25/h1-5,8-9,11,13,19-20H,6-7,10,12,14-16H2,(H,24,26). The van der Waals surface area contributed by atoms with Gasteiger partial charge in [0.2, 0.25) is 11.8 Å². The van der Waals surface area contributed by atoms with E-state index in [2.05, 4.69) is 23.5 Å². The van der Waals surface area contributed by atoms with Crippen LogP contribution in [0.2, 0.25) is 0 Å². The van der Waals surface area contributed by atoms with Gasteiger partial charge in [0.25, 0.3) is 0 Å². The molecule has 2 aromatic rings. The van der Waals surface area contributed by atoms with Crippen LogP contribution < -0.4 is 10.2 Å². The third-order valence-electron chi connectivity index (χ3n) is 5.60. The second-order valence-electron chi connectivity index (χ2n) is 7.55. The molecule has 2 aliphatic rings. The van der Waals surface area contributed by atoms with Crippen molar-refractivity contribution in [2.75, 3.05) is 18.0 Å². The topological polar surface area (TPSA) is 49.4 Å². The van der Waals surface area contributed by atoms with Crippen LogP contribution in [0.5, 0.6) is 0 Å². The van der Waals surface area contributed by atoms with Gasteiger partial charge in [0.05, 0.1) is 11.8 Å². The molecule has 1 saturated carbocycles. The van der Waals surface area contributed by atoms with Gasteiger partial charge in [0.1, 0.15) is 0 Å². The summed E-state index contributed by atoms with van der Waals surface area (Å²) >= 11 is 0. The first-order chi connectivity index (χ1) is 13.2. The van der Waals surface area contributed by atoms with Crippen LogP contribution in [0.1, 0.15) is 30.4 Å². The molecule has 0 aromatic heterocycles. The first-order valence-corrected chi connectivity index (χ1v) is 9.95. The molecule has 2 aromatic carbocycles. The van der Waals surface area contributed by atoms with Crippen molar-refractivity contribution in [3.63, 3.8) is 0 Å². The number of para-hydroxylation sites is 1. The Morgan fingerprint density at radius 3 is 2.63 bits per heavy atom. The second kappa shape index (κ2) is 7.95. The van der Waals surface area contributed by atoms with E-state index in [4.69, 9.17) is 0 Å². The highest BCUT2D eigenvalue weighted by Gasteiger charge is 2.49. The smallest absolute Gasteiger partial charge is 0.230 e. The molecule has 4 heteroatoms. The summed E-state index contributed by atoms with van der Waals surface area (Å²) in [6.45, 7) is 1.43. The summed E-state index contributed by atoms with van der Waals surface area (Å²) in [4.78, 5) is 27.2. The van der Waals surface area contributed by atoms with Crippen molar-refractivity contribution < 1.29 is 9.59 Å². The van der Waals surface area contributed by atoms with E-state index in [9.17, 15) is 9.59 Å². The predicted octanol–water partition coefficient (Wildman–Crippen LogP) is 3.35. The zero-order chi connectivity index (χ0) is 18.6. The van der Waals surface area contributed by atoms with E-state index in [0.717, 1.165) is 37.9 Å². The number of aryl methyl sites for hydroxylation is 2. The fourth-order valence-electron chi connectivity index (χ4n) is 4.00. The normalized spacial score (nSPS) is 20.7. The largest absolute Gasteiger partial charge is 0.356 e. The molecule has 2 amide bonds. The number of carbonyl (C=O) groups is 2. The van der Waals surface area contributed by atoms with Crippen molar-refractivity contribution in [2.45, 2.75) is 32.1 Å². The van der Waals surface area contributed by atoms with Gasteiger partial charge in [-0.15, -0.1) is 0 Å². The third kappa shape index (κ3) is 4.05. The summed E-state index contributed by atoms with van der Waals surface area (Å²) in [7, 11) is 0. The summed E-state index contributed by atoms with van der Waals surface area (Å²) in [5, 5.41) is 3.01. The van der Waals surface area contributed by atoms with Crippen LogP contribution in [0.25, 0.3) is 0 Å². The summed E-state index contributed by atoms with van der Waals surface area (Å²) < 4.78 is 0. The van der Waals surface area contributed by atoms with Crippen LogP contribution in [0.3, 0.4) is 0 Å². The molecule has 1 aliphatic heterocycles. The number of fused-ring (bicyclic) bond motifs is 1. The zero-order valence-electron chi connectivity index (χ0n) is 15.6. The number of benzene rings is 2. The van der Waals surface area contributed by atoms with Crippen LogP contribution in [-0.4, -0.2) is 24.9 Å². The van der Waals surface area contributed by atoms with Gasteiger partial charge in [-0.25, -0.2) is 0 Å². The van der Waals surface area contributed by atoms with E-state index in [1.807, 2.05) is 41.3 Å². The highest BCUT2D eigenvalue weighted by Crippen LogP contribution is 2.42. The highest BCUT2D eigenvalue weighted by atomic mass is 16.2. The molecule has 1 N–H and O–H groups in total. The van der Waals surface area contributed by atoms with Gasteiger partial charge < -0.3 is 10.2 Å². The SMILES string of the molecule is O=C(NCCCc1ccccc1)C1CC1C(=O)N1CCCc2ccccc21. The molecule has 4 rings (SSSR count). The molecule has 1 fully saturated rings. The van der Waals surface area contributed by atoms with Gasteiger partial charge in [-0.05, 0) is 49.3 Å². The van der Waals surface area contributed by atoms with Crippen LogP contribution in [0.4, 0.5) is 5.69 Å². The molecule has 140 valence electrons. The maximum Gasteiger partial charge on any atom is 0.230 e. The number of nitrogens with zero attached hydrogens (tertiary/aromatic N) is 1. The Labute approximate surface area is 160 Å². The Bertz CT molecular complexity index is 818. The molecule has 4 nitrogen and oxygen atoms in total. The molecule has 0 radical (unpaired) electrons. The Balaban J connectivity index is 1.26. The fraction of sp³-hybridized carbons (Fsp3) is 0.391. The molecule has 2 atom stereocenters. The Kier molecular flexibility index (Phi) is 5.23. The van der Waals surface area contributed by atoms with Crippen LogP contribution >= 0.6 is 0 Å². The molecule has 1 aliphatic carbocycles. The first-order valence-electron chi connectivity index (χ1n) is 9.95. The minimum atomic E-state index is -0.150. The maximum atomic E-state index is 12.9. The van der Waals surface area contributed by atoms with Crippen molar-refractivity contribution in [3.05, 3.63) is 65.7 Å². The monoisotopic (exact) mass is 362 g/mol. The lowest BCUT2D eigenvalue weighted by molar-refractivity contribution is -0.126. The Hall–Kier alpha value is -2.62. The average Bonchev–Trinajstić information content (AvgIpc) is 3.52. The third-order valence-corrected chi connectivity index (χ3v) is 5.60. The quantitative estimate of drug-likeness (QED) is 0.801. The number of anilines is 1. The summed E-state index contributed by atoms with van der Waals surface area (Å²) in [5.74, 6) is -0.146. The highest BCUT2D eigenvalue weighted by molar-refractivity contribution is 6.01. The zero-order valence-corrected chi connectivity index (χ0v) is 15.6. The number of amides is 2. The predicted molar refractivity (Wildman–Crippen MR) is 106 cm³/mol. The molecule has 27 heavy (non-hydrogen) atoms. The van der Waals surface area contributed by atoms with Gasteiger partial charge >= 0.3 is 0 Å². The summed E-state index contributed by atoms with van der Waals surface area (Å²) in [6, 6.07) is 18.4. The van der Waals surface area contributed by atoms with Crippen molar-refractivity contribution in [2.24, 2.45) is 11.8 Å². The molecular formula is C23H26N2O2. The lowest BCUT2D eigenvalue weighted by atomic mass is 10.0. The fourth-order valence-corrected chi connectivity index (χ4v) is 4.00. The minimum Gasteiger partial charge on any atom is -0.356 e. The van der Waals surface area contributed by atoms with E-state index in [1.54, 1.807) is 0 Å². The molecule has 0 spiro atoms. The van der Waals surface area contributed by atoms with Crippen molar-refractivity contribution in [1.29, 1.82) is 0 Å². The Morgan fingerprint density at radius 2 is 1.78 bits per heavy atom. The van der Waals surface area contributed by atoms with Crippen molar-refractivity contribution >= 4 is 17.5 Å². The number of nitrogens with one attached hydrogen (secondary N) is 1. The average molecular weight is 362 g/mol. The van der Waals surface area contributed by atoms with E-state index < -0.39 is 0 Å². The lowest BCUT2D eigenvalue weighted by Crippen LogP contribution is -2.38. The van der Waals surface area contributed by atoms with E-state index in [0.29, 0.717) is 13.0 Å². The number of rotatable bonds is 6. The second-order valence-corrected chi connectivity index (χ2v) is 7.55. The van der Waals surface area contributed by atoms with Crippen LogP contribution in [0.15, 0.2) is 54.6 Å². The van der Waals surface area contributed by atoms with Crippen LogP contribution in [0, 0.1) is 11.8 Å². The van der Waals surface area contributed by atoms with Gasteiger partial charge in [-0.3, -0.25) is 9.59 Å². The maximum absolute atomic E-state index is 12.9. The lowest BCUT2D eigenvalue weighted by Gasteiger charge is -2.29. The van der Waals surface area contributed by atoms with E-state index in [-0.39, 0.29) is 23.7 Å².